The van der Waals surface area contributed by atoms with Crippen LogP contribution in [0, 0.1) is 0 Å². The van der Waals surface area contributed by atoms with Gasteiger partial charge in [0.1, 0.15) is 11.3 Å². The summed E-state index contributed by atoms with van der Waals surface area (Å²) in [7, 11) is 0. The van der Waals surface area contributed by atoms with Crippen molar-refractivity contribution < 1.29 is 9.32 Å². The molecular formula is C14H12BrN5O2. The van der Waals surface area contributed by atoms with Crippen molar-refractivity contribution in [3.63, 3.8) is 0 Å². The smallest absolute Gasteiger partial charge is 0.246 e. The van der Waals surface area contributed by atoms with Gasteiger partial charge in [0.25, 0.3) is 0 Å². The van der Waals surface area contributed by atoms with Crippen LogP contribution in [0.5, 0.6) is 0 Å². The molecule has 0 spiro atoms. The Kier molecular flexibility index (Phi) is 3.18. The molecule has 3 aromatic rings. The summed E-state index contributed by atoms with van der Waals surface area (Å²) in [5.74, 6) is 1.04. The van der Waals surface area contributed by atoms with E-state index in [1.54, 1.807) is 11.1 Å². The second kappa shape index (κ2) is 5.20. The maximum absolute atomic E-state index is 11.6. The van der Waals surface area contributed by atoms with E-state index >= 15 is 0 Å². The van der Waals surface area contributed by atoms with Gasteiger partial charge < -0.3 is 9.42 Å². The Morgan fingerprint density at radius 3 is 3.09 bits per heavy atom. The van der Waals surface area contributed by atoms with Gasteiger partial charge in [-0.25, -0.2) is 4.98 Å². The first kappa shape index (κ1) is 13.4. The average molecular weight is 362 g/mol. The number of amides is 1. The molecule has 0 aromatic carbocycles. The van der Waals surface area contributed by atoms with Gasteiger partial charge in [0, 0.05) is 23.6 Å². The summed E-state index contributed by atoms with van der Waals surface area (Å²) < 4.78 is 8.09. The minimum Gasteiger partial charge on any atom is -0.337 e. The quantitative estimate of drug-likeness (QED) is 0.715. The van der Waals surface area contributed by atoms with Crippen LogP contribution in [0.1, 0.15) is 18.7 Å². The molecule has 0 saturated carbocycles. The van der Waals surface area contributed by atoms with E-state index in [-0.39, 0.29) is 5.91 Å². The van der Waals surface area contributed by atoms with Crippen molar-refractivity contribution in [1.82, 2.24) is 24.4 Å². The predicted octanol–water partition coefficient (Wildman–Crippen LogP) is 2.27. The third-order valence-electron chi connectivity index (χ3n) is 3.66. The third kappa shape index (κ3) is 2.29. The van der Waals surface area contributed by atoms with Crippen LogP contribution in [0.3, 0.4) is 0 Å². The summed E-state index contributed by atoms with van der Waals surface area (Å²) in [6, 6.07) is 3.82. The summed E-state index contributed by atoms with van der Waals surface area (Å²) in [5, 5.41) is 4.01. The molecule has 8 heteroatoms. The Balaban J connectivity index is 1.65. The fraction of sp³-hybridized carbons (Fsp3) is 0.286. The van der Waals surface area contributed by atoms with Gasteiger partial charge in [0.05, 0.1) is 12.7 Å². The highest BCUT2D eigenvalue weighted by molar-refractivity contribution is 9.10. The molecule has 0 aliphatic carbocycles. The van der Waals surface area contributed by atoms with Crippen LogP contribution < -0.4 is 0 Å². The number of nitrogens with zero attached hydrogens (tertiary/aromatic N) is 5. The molecule has 1 aliphatic rings. The van der Waals surface area contributed by atoms with Crippen molar-refractivity contribution >= 4 is 27.5 Å². The number of carbonyl (C=O) groups is 1. The fourth-order valence-corrected chi connectivity index (χ4v) is 2.91. The number of carbonyl (C=O) groups excluding carboxylic acids is 1. The highest BCUT2D eigenvalue weighted by Gasteiger charge is 2.23. The van der Waals surface area contributed by atoms with E-state index in [0.29, 0.717) is 24.7 Å². The lowest BCUT2D eigenvalue weighted by molar-refractivity contribution is -0.128. The second-order valence-corrected chi connectivity index (χ2v) is 6.07. The van der Waals surface area contributed by atoms with Crippen LogP contribution in [0.2, 0.25) is 0 Å². The van der Waals surface area contributed by atoms with Gasteiger partial charge in [-0.05, 0) is 34.5 Å². The zero-order chi connectivity index (χ0) is 15.1. The molecule has 7 nitrogen and oxygen atoms in total. The molecule has 4 heterocycles. The van der Waals surface area contributed by atoms with Crippen LogP contribution in [-0.2, 0) is 11.3 Å². The fourth-order valence-electron chi connectivity index (χ4n) is 2.58. The molecule has 1 aliphatic heterocycles. The average Bonchev–Trinajstić information content (AvgIpc) is 3.20. The first-order chi connectivity index (χ1) is 10.7. The molecule has 0 bridgehead atoms. The monoisotopic (exact) mass is 361 g/mol. The molecule has 0 atom stereocenters. The molecule has 112 valence electrons. The van der Waals surface area contributed by atoms with E-state index in [1.165, 1.54) is 0 Å². The summed E-state index contributed by atoms with van der Waals surface area (Å²) in [6.45, 7) is 1.12. The van der Waals surface area contributed by atoms with Gasteiger partial charge in [-0.2, -0.15) is 4.98 Å². The van der Waals surface area contributed by atoms with E-state index in [1.807, 2.05) is 22.7 Å². The maximum atomic E-state index is 11.6. The van der Waals surface area contributed by atoms with Crippen molar-refractivity contribution in [2.75, 3.05) is 6.54 Å². The summed E-state index contributed by atoms with van der Waals surface area (Å²) >= 11 is 3.44. The summed E-state index contributed by atoms with van der Waals surface area (Å²) in [4.78, 5) is 22.1. The number of fused-ring (bicyclic) bond motifs is 1. The molecule has 3 aromatic heterocycles. The number of likely N-dealkylation sites (tertiary alicyclic amines) is 1. The normalized spacial score (nSPS) is 15.1. The number of aromatic nitrogens is 4. The van der Waals surface area contributed by atoms with Gasteiger partial charge in [0.15, 0.2) is 0 Å². The Hall–Kier alpha value is -2.22. The molecule has 1 amide bonds. The molecule has 22 heavy (non-hydrogen) atoms. The Morgan fingerprint density at radius 2 is 2.27 bits per heavy atom. The van der Waals surface area contributed by atoms with Crippen LogP contribution >= 0.6 is 15.9 Å². The highest BCUT2D eigenvalue weighted by Crippen LogP contribution is 2.21. The highest BCUT2D eigenvalue weighted by atomic mass is 79.9. The van der Waals surface area contributed by atoms with E-state index in [2.05, 4.69) is 31.1 Å². The minimum atomic E-state index is 0.137. The van der Waals surface area contributed by atoms with Gasteiger partial charge >= 0.3 is 0 Å². The van der Waals surface area contributed by atoms with Gasteiger partial charge in [-0.1, -0.05) is 5.16 Å². The minimum absolute atomic E-state index is 0.137. The first-order valence-electron chi connectivity index (χ1n) is 6.94. The van der Waals surface area contributed by atoms with Crippen molar-refractivity contribution in [2.45, 2.75) is 19.4 Å². The number of imidazole rings is 1. The lowest BCUT2D eigenvalue weighted by atomic mass is 10.4. The van der Waals surface area contributed by atoms with Crippen molar-refractivity contribution in [3.8, 4) is 11.5 Å². The molecule has 1 saturated heterocycles. The Bertz CT molecular complexity index is 856. The van der Waals surface area contributed by atoms with E-state index in [9.17, 15) is 4.79 Å². The molecular weight excluding hydrogens is 350 g/mol. The van der Waals surface area contributed by atoms with Crippen molar-refractivity contribution in [3.05, 3.63) is 34.9 Å². The van der Waals surface area contributed by atoms with Crippen molar-refractivity contribution in [1.29, 1.82) is 0 Å². The van der Waals surface area contributed by atoms with Crippen LogP contribution in [-0.4, -0.2) is 36.9 Å². The lowest BCUT2D eigenvalue weighted by Gasteiger charge is -2.11. The zero-order valence-electron chi connectivity index (χ0n) is 11.6. The second-order valence-electron chi connectivity index (χ2n) is 5.15. The van der Waals surface area contributed by atoms with Crippen molar-refractivity contribution in [2.24, 2.45) is 0 Å². The summed E-state index contributed by atoms with van der Waals surface area (Å²) in [5.41, 5.74) is 1.55. The van der Waals surface area contributed by atoms with E-state index < -0.39 is 0 Å². The van der Waals surface area contributed by atoms with E-state index in [0.717, 1.165) is 28.8 Å². The lowest BCUT2D eigenvalue weighted by Crippen LogP contribution is -2.23. The van der Waals surface area contributed by atoms with E-state index in [4.69, 9.17) is 4.52 Å². The maximum Gasteiger partial charge on any atom is 0.246 e. The molecule has 0 N–H and O–H groups in total. The molecule has 0 unspecified atom stereocenters. The van der Waals surface area contributed by atoms with Crippen LogP contribution in [0.4, 0.5) is 0 Å². The number of rotatable bonds is 3. The van der Waals surface area contributed by atoms with Gasteiger partial charge in [0.2, 0.25) is 17.6 Å². The molecule has 4 rings (SSSR count). The standard InChI is InChI=1S/C14H12BrN5O2/c15-9-3-4-11-16-6-10(20(11)7-9)14-17-12(22-18-14)8-19-5-1-2-13(19)21/h3-4,6-7H,1-2,5,8H2. The van der Waals surface area contributed by atoms with Crippen LogP contribution in [0.15, 0.2) is 33.5 Å². The number of hydrogen-bond donors (Lipinski definition) is 0. The SMILES string of the molecule is O=C1CCCN1Cc1nc(-c2cnc3ccc(Br)cn23)no1. The zero-order valence-corrected chi connectivity index (χ0v) is 13.2. The van der Waals surface area contributed by atoms with Gasteiger partial charge in [-0.15, -0.1) is 0 Å². The Morgan fingerprint density at radius 1 is 1.36 bits per heavy atom. The topological polar surface area (TPSA) is 76.5 Å². The van der Waals surface area contributed by atoms with Crippen LogP contribution in [0.25, 0.3) is 17.2 Å². The third-order valence-corrected chi connectivity index (χ3v) is 4.13. The largest absolute Gasteiger partial charge is 0.337 e. The van der Waals surface area contributed by atoms with Gasteiger partial charge in [-0.3, -0.25) is 9.20 Å². The summed E-state index contributed by atoms with van der Waals surface area (Å²) in [6.07, 6.45) is 5.10. The Labute approximate surface area is 134 Å². The molecule has 0 radical (unpaired) electrons. The molecule has 1 fully saturated rings. The number of halogens is 1. The number of hydrogen-bond acceptors (Lipinski definition) is 5. The number of pyridine rings is 1. The predicted molar refractivity (Wildman–Crippen MR) is 80.8 cm³/mol. The first-order valence-corrected chi connectivity index (χ1v) is 7.73.